The summed E-state index contributed by atoms with van der Waals surface area (Å²) in [6.07, 6.45) is 2.32. The minimum Gasteiger partial charge on any atom is -0.398 e. The molecule has 0 aliphatic carbocycles. The number of nitrogens with two attached hydrogens (primary N) is 1. The number of benzene rings is 1. The zero-order valence-electron chi connectivity index (χ0n) is 12.8. The number of likely N-dealkylation sites (tertiary alicyclic amines) is 1. The second-order valence-corrected chi connectivity index (χ2v) is 6.67. The number of rotatable bonds is 4. The molecule has 0 radical (unpaired) electrons. The Hall–Kier alpha value is -1.07. The van der Waals surface area contributed by atoms with Crippen molar-refractivity contribution in [1.82, 2.24) is 10.2 Å². The highest BCUT2D eigenvalue weighted by Crippen LogP contribution is 2.23. The molecule has 4 nitrogen and oxygen atoms in total. The maximum absolute atomic E-state index is 12.3. The number of halogens is 1. The van der Waals surface area contributed by atoms with Crippen LogP contribution in [0.15, 0.2) is 16.6 Å². The highest BCUT2D eigenvalue weighted by atomic mass is 79.9. The van der Waals surface area contributed by atoms with Crippen LogP contribution in [0.2, 0.25) is 0 Å². The predicted molar refractivity (Wildman–Crippen MR) is 90.5 cm³/mol. The van der Waals surface area contributed by atoms with Crippen LogP contribution in [0.4, 0.5) is 5.69 Å². The summed E-state index contributed by atoms with van der Waals surface area (Å²) in [6, 6.07) is 3.66. The topological polar surface area (TPSA) is 58.4 Å². The Morgan fingerprint density at radius 1 is 1.43 bits per heavy atom. The van der Waals surface area contributed by atoms with Gasteiger partial charge >= 0.3 is 0 Å². The molecule has 5 heteroatoms. The third-order valence-electron chi connectivity index (χ3n) is 4.36. The second kappa shape index (κ2) is 7.27. The van der Waals surface area contributed by atoms with E-state index in [1.165, 1.54) is 0 Å². The normalized spacial score (nSPS) is 16.9. The van der Waals surface area contributed by atoms with Gasteiger partial charge in [-0.15, -0.1) is 0 Å². The number of amides is 1. The van der Waals surface area contributed by atoms with Crippen LogP contribution in [-0.4, -0.2) is 37.0 Å². The van der Waals surface area contributed by atoms with Crippen molar-refractivity contribution in [1.29, 1.82) is 0 Å². The number of piperidine rings is 1. The number of carbonyl (C=O) groups is 1. The summed E-state index contributed by atoms with van der Waals surface area (Å²) >= 11 is 3.39. The van der Waals surface area contributed by atoms with E-state index in [9.17, 15) is 4.79 Å². The zero-order valence-corrected chi connectivity index (χ0v) is 14.4. The molecule has 1 aliphatic heterocycles. The van der Waals surface area contributed by atoms with E-state index >= 15 is 0 Å². The summed E-state index contributed by atoms with van der Waals surface area (Å²) in [5.74, 6) is 0.556. The molecule has 0 aromatic heterocycles. The minimum absolute atomic E-state index is 0.0292. The smallest absolute Gasteiger partial charge is 0.251 e. The van der Waals surface area contributed by atoms with Crippen molar-refractivity contribution in [3.63, 3.8) is 0 Å². The first kappa shape index (κ1) is 16.3. The van der Waals surface area contributed by atoms with Crippen molar-refractivity contribution >= 4 is 27.5 Å². The van der Waals surface area contributed by atoms with E-state index in [0.29, 0.717) is 17.2 Å². The van der Waals surface area contributed by atoms with E-state index < -0.39 is 0 Å². The number of carbonyl (C=O) groups excluding carboxylic acids is 1. The fourth-order valence-electron chi connectivity index (χ4n) is 2.78. The number of nitrogens with one attached hydrogen (secondary N) is 1. The van der Waals surface area contributed by atoms with E-state index in [4.69, 9.17) is 5.73 Å². The fraction of sp³-hybridized carbons (Fsp3) is 0.562. The molecule has 1 saturated heterocycles. The van der Waals surface area contributed by atoms with Crippen LogP contribution in [0.3, 0.4) is 0 Å². The lowest BCUT2D eigenvalue weighted by Crippen LogP contribution is -2.38. The molecule has 21 heavy (non-hydrogen) atoms. The SMILES string of the molecule is CCN1CCC(CNC(=O)c2cc(Br)cc(N)c2C)CC1. The molecule has 1 amide bonds. The van der Waals surface area contributed by atoms with Gasteiger partial charge in [-0.1, -0.05) is 22.9 Å². The average Bonchev–Trinajstić information content (AvgIpc) is 2.49. The Labute approximate surface area is 135 Å². The van der Waals surface area contributed by atoms with Crippen LogP contribution >= 0.6 is 15.9 Å². The third-order valence-corrected chi connectivity index (χ3v) is 4.82. The van der Waals surface area contributed by atoms with Crippen LogP contribution in [0.25, 0.3) is 0 Å². The lowest BCUT2D eigenvalue weighted by molar-refractivity contribution is 0.0936. The van der Waals surface area contributed by atoms with Crippen LogP contribution in [0.5, 0.6) is 0 Å². The molecule has 1 aromatic rings. The molecular formula is C16H24BrN3O. The van der Waals surface area contributed by atoms with Gasteiger partial charge in [-0.25, -0.2) is 0 Å². The standard InChI is InChI=1S/C16H24BrN3O/c1-3-20-6-4-12(5-7-20)10-19-16(21)14-8-13(17)9-15(18)11(14)2/h8-9,12H,3-7,10,18H2,1-2H3,(H,19,21). The molecule has 0 unspecified atom stereocenters. The van der Waals surface area contributed by atoms with Gasteiger partial charge in [0.1, 0.15) is 0 Å². The molecule has 1 fully saturated rings. The largest absolute Gasteiger partial charge is 0.398 e. The summed E-state index contributed by atoms with van der Waals surface area (Å²) in [5.41, 5.74) is 8.06. The molecule has 0 bridgehead atoms. The van der Waals surface area contributed by atoms with E-state index in [1.807, 2.05) is 19.1 Å². The Bertz CT molecular complexity index is 510. The molecule has 0 saturated carbocycles. The van der Waals surface area contributed by atoms with E-state index in [-0.39, 0.29) is 5.91 Å². The van der Waals surface area contributed by atoms with Gasteiger partial charge in [0, 0.05) is 22.3 Å². The van der Waals surface area contributed by atoms with E-state index in [0.717, 1.165) is 49.1 Å². The van der Waals surface area contributed by atoms with Crippen molar-refractivity contribution in [3.8, 4) is 0 Å². The highest BCUT2D eigenvalue weighted by Gasteiger charge is 2.19. The number of anilines is 1. The lowest BCUT2D eigenvalue weighted by atomic mass is 9.96. The maximum Gasteiger partial charge on any atom is 0.251 e. The molecule has 116 valence electrons. The summed E-state index contributed by atoms with van der Waals surface area (Å²) in [7, 11) is 0. The number of nitrogens with zero attached hydrogens (tertiary/aromatic N) is 1. The van der Waals surface area contributed by atoms with Gasteiger partial charge in [0.15, 0.2) is 0 Å². The van der Waals surface area contributed by atoms with Gasteiger partial charge in [-0.05, 0) is 63.0 Å². The maximum atomic E-state index is 12.3. The van der Waals surface area contributed by atoms with Gasteiger partial charge in [0.05, 0.1) is 0 Å². The molecule has 0 spiro atoms. The summed E-state index contributed by atoms with van der Waals surface area (Å²) in [5, 5.41) is 3.06. The molecular weight excluding hydrogens is 330 g/mol. The Kier molecular flexibility index (Phi) is 5.65. The van der Waals surface area contributed by atoms with Crippen LogP contribution < -0.4 is 11.1 Å². The molecule has 0 atom stereocenters. The van der Waals surface area contributed by atoms with Crippen molar-refractivity contribution in [2.75, 3.05) is 31.9 Å². The molecule has 3 N–H and O–H groups in total. The minimum atomic E-state index is -0.0292. The van der Waals surface area contributed by atoms with Crippen molar-refractivity contribution in [3.05, 3.63) is 27.7 Å². The van der Waals surface area contributed by atoms with Gasteiger partial charge < -0.3 is 16.0 Å². The third kappa shape index (κ3) is 4.20. The second-order valence-electron chi connectivity index (χ2n) is 5.76. The summed E-state index contributed by atoms with van der Waals surface area (Å²) in [6.45, 7) is 8.23. The first-order chi connectivity index (χ1) is 10.0. The number of hydrogen-bond donors (Lipinski definition) is 2. The number of nitrogen functional groups attached to an aromatic ring is 1. The molecule has 1 aliphatic rings. The number of hydrogen-bond acceptors (Lipinski definition) is 3. The van der Waals surface area contributed by atoms with Crippen LogP contribution in [-0.2, 0) is 0 Å². The van der Waals surface area contributed by atoms with Crippen LogP contribution in [0, 0.1) is 12.8 Å². The van der Waals surface area contributed by atoms with Crippen molar-refractivity contribution in [2.24, 2.45) is 5.92 Å². The van der Waals surface area contributed by atoms with Gasteiger partial charge in [0.2, 0.25) is 0 Å². The van der Waals surface area contributed by atoms with E-state index in [1.54, 1.807) is 0 Å². The summed E-state index contributed by atoms with van der Waals surface area (Å²) < 4.78 is 0.840. The van der Waals surface area contributed by atoms with Gasteiger partial charge in [0.25, 0.3) is 5.91 Å². The lowest BCUT2D eigenvalue weighted by Gasteiger charge is -2.31. The fourth-order valence-corrected chi connectivity index (χ4v) is 3.25. The predicted octanol–water partition coefficient (Wildman–Crippen LogP) is 2.80. The molecule has 1 aromatic carbocycles. The van der Waals surface area contributed by atoms with Crippen molar-refractivity contribution in [2.45, 2.75) is 26.7 Å². The average molecular weight is 354 g/mol. The Morgan fingerprint density at radius 2 is 2.10 bits per heavy atom. The van der Waals surface area contributed by atoms with Crippen LogP contribution in [0.1, 0.15) is 35.7 Å². The monoisotopic (exact) mass is 353 g/mol. The highest BCUT2D eigenvalue weighted by molar-refractivity contribution is 9.10. The molecule has 2 rings (SSSR count). The molecule has 1 heterocycles. The Balaban J connectivity index is 1.91. The first-order valence-electron chi connectivity index (χ1n) is 7.57. The van der Waals surface area contributed by atoms with E-state index in [2.05, 4.69) is 33.1 Å². The van der Waals surface area contributed by atoms with Crippen molar-refractivity contribution < 1.29 is 4.79 Å². The zero-order chi connectivity index (χ0) is 15.4. The Morgan fingerprint density at radius 3 is 2.71 bits per heavy atom. The van der Waals surface area contributed by atoms with Gasteiger partial charge in [-0.3, -0.25) is 4.79 Å². The van der Waals surface area contributed by atoms with Gasteiger partial charge in [-0.2, -0.15) is 0 Å². The quantitative estimate of drug-likeness (QED) is 0.818. The first-order valence-corrected chi connectivity index (χ1v) is 8.36. The summed E-state index contributed by atoms with van der Waals surface area (Å²) in [4.78, 5) is 14.8.